The molecule has 0 aliphatic carbocycles. The number of alkyl carbamates (subject to hydrolysis) is 1. The molecule has 4 unspecified atom stereocenters. The molecule has 0 aliphatic heterocycles. The van der Waals surface area contributed by atoms with E-state index in [2.05, 4.69) is 31.4 Å². The van der Waals surface area contributed by atoms with Gasteiger partial charge in [-0.25, -0.2) is 4.79 Å². The van der Waals surface area contributed by atoms with Gasteiger partial charge in [0.1, 0.15) is 17.7 Å². The molecular formula is C32H54N4O5. The second-order valence-corrected chi connectivity index (χ2v) is 12.7. The molecule has 1 aromatic rings. The highest BCUT2D eigenvalue weighted by atomic mass is 16.6. The second-order valence-electron chi connectivity index (χ2n) is 12.7. The highest BCUT2D eigenvalue weighted by molar-refractivity contribution is 5.93. The molecule has 41 heavy (non-hydrogen) atoms. The third-order valence-corrected chi connectivity index (χ3v) is 7.14. The van der Waals surface area contributed by atoms with Gasteiger partial charge in [0, 0.05) is 18.5 Å². The number of hydrogen-bond acceptors (Lipinski definition) is 5. The maximum atomic E-state index is 14.5. The van der Waals surface area contributed by atoms with E-state index < -0.39 is 35.6 Å². The Morgan fingerprint density at radius 1 is 0.951 bits per heavy atom. The van der Waals surface area contributed by atoms with E-state index in [4.69, 9.17) is 10.5 Å². The standard InChI is InChI=1S/C32H54N4O5/c1-11-13-22(5)34-29(38)28(25-15-12-14-21(4)24(25)7)36(23(6)17-16-20(2)3)30(39)26(18-19-27(33)37)35-31(40)41-32(8,9)10/h12,14-15,20,22-23,26,28H,11,13,16-19H2,1-10H3,(H2,33,37)(H,34,38)(H,35,40). The van der Waals surface area contributed by atoms with Crippen molar-refractivity contribution in [3.8, 4) is 0 Å². The van der Waals surface area contributed by atoms with Gasteiger partial charge in [0.15, 0.2) is 0 Å². The van der Waals surface area contributed by atoms with Crippen LogP contribution in [-0.2, 0) is 19.1 Å². The van der Waals surface area contributed by atoms with Gasteiger partial charge >= 0.3 is 6.09 Å². The molecule has 0 aliphatic rings. The second kappa shape index (κ2) is 16.4. The Morgan fingerprint density at radius 2 is 1.59 bits per heavy atom. The number of primary amides is 1. The average molecular weight is 575 g/mol. The molecule has 0 radical (unpaired) electrons. The van der Waals surface area contributed by atoms with E-state index in [0.29, 0.717) is 12.3 Å². The molecule has 232 valence electrons. The number of hydrogen-bond donors (Lipinski definition) is 3. The Labute approximate surface area is 247 Å². The smallest absolute Gasteiger partial charge is 0.408 e. The molecule has 0 bridgehead atoms. The zero-order valence-corrected chi connectivity index (χ0v) is 26.9. The van der Waals surface area contributed by atoms with Crippen LogP contribution in [0.1, 0.15) is 117 Å². The van der Waals surface area contributed by atoms with E-state index >= 15 is 0 Å². The summed E-state index contributed by atoms with van der Waals surface area (Å²) in [6, 6.07) is 3.24. The van der Waals surface area contributed by atoms with E-state index in [1.165, 1.54) is 0 Å². The minimum atomic E-state index is -1.12. The Hall–Kier alpha value is -3.10. The summed E-state index contributed by atoms with van der Waals surface area (Å²) in [6.07, 6.45) is 2.27. The molecule has 4 atom stereocenters. The Kier molecular flexibility index (Phi) is 14.3. The lowest BCUT2D eigenvalue weighted by molar-refractivity contribution is -0.145. The van der Waals surface area contributed by atoms with Crippen LogP contribution in [0.2, 0.25) is 0 Å². The number of ether oxygens (including phenoxy) is 1. The lowest BCUT2D eigenvalue weighted by atomic mass is 9.92. The molecule has 1 aromatic carbocycles. The number of benzene rings is 1. The van der Waals surface area contributed by atoms with Gasteiger partial charge in [-0.1, -0.05) is 45.4 Å². The molecular weight excluding hydrogens is 520 g/mol. The van der Waals surface area contributed by atoms with Gasteiger partial charge < -0.3 is 26.0 Å². The Bertz CT molecular complexity index is 1030. The van der Waals surface area contributed by atoms with Gasteiger partial charge in [0.25, 0.3) is 0 Å². The molecule has 0 aromatic heterocycles. The highest BCUT2D eigenvalue weighted by Gasteiger charge is 2.40. The summed E-state index contributed by atoms with van der Waals surface area (Å²) in [6.45, 7) is 19.3. The van der Waals surface area contributed by atoms with Gasteiger partial charge in [-0.05, 0) is 96.8 Å². The lowest BCUT2D eigenvalue weighted by Crippen LogP contribution is -2.56. The summed E-state index contributed by atoms with van der Waals surface area (Å²) in [5.74, 6) is -0.948. The van der Waals surface area contributed by atoms with Crippen LogP contribution >= 0.6 is 0 Å². The molecule has 0 fully saturated rings. The predicted molar refractivity (Wildman–Crippen MR) is 163 cm³/mol. The van der Waals surface area contributed by atoms with Crippen molar-refractivity contribution in [1.29, 1.82) is 0 Å². The maximum absolute atomic E-state index is 14.5. The van der Waals surface area contributed by atoms with E-state index in [-0.39, 0.29) is 30.8 Å². The average Bonchev–Trinajstić information content (AvgIpc) is 2.84. The van der Waals surface area contributed by atoms with Crippen molar-refractivity contribution in [2.75, 3.05) is 0 Å². The molecule has 0 saturated carbocycles. The summed E-state index contributed by atoms with van der Waals surface area (Å²) in [7, 11) is 0. The third-order valence-electron chi connectivity index (χ3n) is 7.14. The van der Waals surface area contributed by atoms with E-state index in [1.807, 2.05) is 45.9 Å². The molecule has 9 heteroatoms. The molecule has 9 nitrogen and oxygen atoms in total. The van der Waals surface area contributed by atoms with Crippen LogP contribution in [0, 0.1) is 19.8 Å². The van der Waals surface area contributed by atoms with Crippen LogP contribution in [0.5, 0.6) is 0 Å². The van der Waals surface area contributed by atoms with Crippen LogP contribution in [0.3, 0.4) is 0 Å². The predicted octanol–water partition coefficient (Wildman–Crippen LogP) is 5.46. The Balaban J connectivity index is 3.74. The third kappa shape index (κ3) is 12.1. The molecule has 1 rings (SSSR count). The van der Waals surface area contributed by atoms with Crippen molar-refractivity contribution in [2.24, 2.45) is 11.7 Å². The largest absolute Gasteiger partial charge is 0.444 e. The van der Waals surface area contributed by atoms with Gasteiger partial charge in [-0.3, -0.25) is 14.4 Å². The van der Waals surface area contributed by atoms with Gasteiger partial charge in [-0.2, -0.15) is 0 Å². The van der Waals surface area contributed by atoms with Crippen LogP contribution < -0.4 is 16.4 Å². The molecule has 0 spiro atoms. The van der Waals surface area contributed by atoms with E-state index in [0.717, 1.165) is 36.0 Å². The van der Waals surface area contributed by atoms with E-state index in [9.17, 15) is 19.2 Å². The number of rotatable bonds is 15. The summed E-state index contributed by atoms with van der Waals surface area (Å²) in [5, 5.41) is 5.79. The van der Waals surface area contributed by atoms with Gasteiger partial charge in [-0.15, -0.1) is 0 Å². The fourth-order valence-electron chi connectivity index (χ4n) is 4.80. The Morgan fingerprint density at radius 3 is 2.12 bits per heavy atom. The molecule has 0 heterocycles. The quantitative estimate of drug-likeness (QED) is 0.256. The van der Waals surface area contributed by atoms with Crippen LogP contribution in [-0.4, -0.2) is 52.4 Å². The fourth-order valence-corrected chi connectivity index (χ4v) is 4.80. The van der Waals surface area contributed by atoms with E-state index in [1.54, 1.807) is 25.7 Å². The number of carbonyl (C=O) groups is 4. The van der Waals surface area contributed by atoms with Crippen LogP contribution in [0.4, 0.5) is 4.79 Å². The van der Waals surface area contributed by atoms with Crippen LogP contribution in [0.15, 0.2) is 18.2 Å². The number of amides is 4. The number of nitrogens with zero attached hydrogens (tertiary/aromatic N) is 1. The first-order valence-electron chi connectivity index (χ1n) is 14.9. The van der Waals surface area contributed by atoms with Gasteiger partial charge in [0.2, 0.25) is 17.7 Å². The minimum Gasteiger partial charge on any atom is -0.444 e. The van der Waals surface area contributed by atoms with Crippen molar-refractivity contribution in [2.45, 2.75) is 138 Å². The SMILES string of the molecule is CCCC(C)NC(=O)C(c1cccc(C)c1C)N(C(=O)C(CCC(N)=O)NC(=O)OC(C)(C)C)C(C)CCC(C)C. The molecule has 0 saturated heterocycles. The number of nitrogens with one attached hydrogen (secondary N) is 2. The maximum Gasteiger partial charge on any atom is 0.408 e. The topological polar surface area (TPSA) is 131 Å². The van der Waals surface area contributed by atoms with Crippen molar-refractivity contribution in [3.63, 3.8) is 0 Å². The first-order chi connectivity index (χ1) is 19.0. The van der Waals surface area contributed by atoms with Gasteiger partial charge in [0.05, 0.1) is 0 Å². The van der Waals surface area contributed by atoms with Crippen molar-refractivity contribution < 1.29 is 23.9 Å². The summed E-state index contributed by atoms with van der Waals surface area (Å²) < 4.78 is 5.44. The monoisotopic (exact) mass is 574 g/mol. The zero-order chi connectivity index (χ0) is 31.5. The molecule has 4 N–H and O–H groups in total. The number of nitrogens with two attached hydrogens (primary N) is 1. The van der Waals surface area contributed by atoms with Crippen molar-refractivity contribution in [1.82, 2.24) is 15.5 Å². The first-order valence-corrected chi connectivity index (χ1v) is 14.9. The molecule has 4 amide bonds. The lowest BCUT2D eigenvalue weighted by Gasteiger charge is -2.39. The summed E-state index contributed by atoms with van der Waals surface area (Å²) in [5.41, 5.74) is 7.29. The first kappa shape index (κ1) is 35.9. The summed E-state index contributed by atoms with van der Waals surface area (Å²) >= 11 is 0. The summed E-state index contributed by atoms with van der Waals surface area (Å²) in [4.78, 5) is 54.7. The van der Waals surface area contributed by atoms with Crippen molar-refractivity contribution >= 4 is 23.8 Å². The fraction of sp³-hybridized carbons (Fsp3) is 0.688. The zero-order valence-electron chi connectivity index (χ0n) is 26.9. The minimum absolute atomic E-state index is 0.0197. The van der Waals surface area contributed by atoms with Crippen LogP contribution in [0.25, 0.3) is 0 Å². The highest BCUT2D eigenvalue weighted by Crippen LogP contribution is 2.31. The normalized spacial score (nSPS) is 14.5. The van der Waals surface area contributed by atoms with Crippen molar-refractivity contribution in [3.05, 3.63) is 34.9 Å². The number of carbonyl (C=O) groups excluding carboxylic acids is 4. The number of aryl methyl sites for hydroxylation is 1.